The molecule has 3 rings (SSSR count). The van der Waals surface area contributed by atoms with Gasteiger partial charge in [0.05, 0.1) is 0 Å². The molecule has 2 heterocycles. The van der Waals surface area contributed by atoms with Gasteiger partial charge in [0.15, 0.2) is 0 Å². The number of carbonyl (C=O) groups is 1. The van der Waals surface area contributed by atoms with E-state index in [-0.39, 0.29) is 22.6 Å². The molecule has 5 nitrogen and oxygen atoms in total. The van der Waals surface area contributed by atoms with Crippen molar-refractivity contribution < 1.29 is 13.2 Å². The smallest absolute Gasteiger partial charge is 0.250 e. The molecule has 1 aromatic carbocycles. The van der Waals surface area contributed by atoms with Gasteiger partial charge in [-0.3, -0.25) is 4.79 Å². The normalized spacial score (nSPS) is 18.6. The third-order valence-corrected chi connectivity index (χ3v) is 6.74. The van der Waals surface area contributed by atoms with Crippen molar-refractivity contribution in [2.75, 3.05) is 18.0 Å². The van der Waals surface area contributed by atoms with Crippen LogP contribution in [0.4, 0.5) is 5.69 Å². The fraction of sp³-hybridized carbons (Fsp3) is 0.267. The summed E-state index contributed by atoms with van der Waals surface area (Å²) >= 11 is 7.02. The van der Waals surface area contributed by atoms with E-state index in [9.17, 15) is 13.2 Å². The Balaban J connectivity index is 1.63. The minimum Gasteiger partial charge on any atom is -0.312 e. The predicted molar refractivity (Wildman–Crippen MR) is 91.4 cm³/mol. The molecular weight excluding hydrogens is 356 g/mol. The number of hydrogen-bond donors (Lipinski definition) is 1. The summed E-state index contributed by atoms with van der Waals surface area (Å²) in [4.78, 5) is 13.8. The molecule has 1 saturated heterocycles. The lowest BCUT2D eigenvalue weighted by atomic mass is 10.1. The summed E-state index contributed by atoms with van der Waals surface area (Å²) in [6, 6.07) is 10.3. The molecule has 1 N–H and O–H groups in total. The number of benzene rings is 1. The maximum Gasteiger partial charge on any atom is 0.250 e. The van der Waals surface area contributed by atoms with Crippen molar-refractivity contribution in [1.29, 1.82) is 0 Å². The second-order valence-corrected chi connectivity index (χ2v) is 8.71. The van der Waals surface area contributed by atoms with E-state index in [0.717, 1.165) is 5.69 Å². The minimum atomic E-state index is -3.49. The molecule has 2 aromatic rings. The van der Waals surface area contributed by atoms with Gasteiger partial charge in [-0.15, -0.1) is 11.3 Å². The molecule has 0 radical (unpaired) electrons. The van der Waals surface area contributed by atoms with Crippen LogP contribution in [0.15, 0.2) is 46.0 Å². The zero-order chi connectivity index (χ0) is 16.4. The first kappa shape index (κ1) is 16.4. The summed E-state index contributed by atoms with van der Waals surface area (Å²) in [6.07, 6.45) is 0.329. The Labute approximate surface area is 143 Å². The van der Waals surface area contributed by atoms with Crippen LogP contribution < -0.4 is 9.62 Å². The molecule has 1 aliphatic rings. The Kier molecular flexibility index (Phi) is 4.72. The van der Waals surface area contributed by atoms with Gasteiger partial charge in [-0.05, 0) is 41.6 Å². The fourth-order valence-electron chi connectivity index (χ4n) is 2.50. The third-order valence-electron chi connectivity index (χ3n) is 3.67. The largest absolute Gasteiger partial charge is 0.312 e. The van der Waals surface area contributed by atoms with Gasteiger partial charge in [0.2, 0.25) is 15.9 Å². The van der Waals surface area contributed by atoms with Crippen LogP contribution in [0, 0.1) is 5.92 Å². The van der Waals surface area contributed by atoms with Crippen LogP contribution in [-0.2, 0) is 14.8 Å². The lowest BCUT2D eigenvalue weighted by Gasteiger charge is -2.17. The van der Waals surface area contributed by atoms with Crippen LogP contribution in [-0.4, -0.2) is 27.4 Å². The van der Waals surface area contributed by atoms with Gasteiger partial charge >= 0.3 is 0 Å². The van der Waals surface area contributed by atoms with Gasteiger partial charge in [-0.1, -0.05) is 17.7 Å². The van der Waals surface area contributed by atoms with Crippen molar-refractivity contribution in [3.8, 4) is 0 Å². The predicted octanol–water partition coefficient (Wildman–Crippen LogP) is 2.73. The Morgan fingerprint density at radius 2 is 2.00 bits per heavy atom. The standard InChI is InChI=1S/C15H15ClN2O3S2/c16-12-3-5-13(6-4-12)18-10-11(8-14(18)19)9-17-23(20,21)15-2-1-7-22-15/h1-7,11,17H,8-10H2. The van der Waals surface area contributed by atoms with E-state index in [1.807, 2.05) is 0 Å². The number of carbonyl (C=O) groups excluding carboxylic acids is 1. The highest BCUT2D eigenvalue weighted by atomic mass is 35.5. The molecule has 0 aliphatic carbocycles. The number of nitrogens with zero attached hydrogens (tertiary/aromatic N) is 1. The molecule has 0 bridgehead atoms. The van der Waals surface area contributed by atoms with E-state index in [1.165, 1.54) is 11.3 Å². The summed E-state index contributed by atoms with van der Waals surface area (Å²) in [6.45, 7) is 0.740. The highest BCUT2D eigenvalue weighted by Gasteiger charge is 2.31. The number of anilines is 1. The molecule has 1 atom stereocenters. The van der Waals surface area contributed by atoms with E-state index in [4.69, 9.17) is 11.6 Å². The number of hydrogen-bond acceptors (Lipinski definition) is 4. The van der Waals surface area contributed by atoms with Gasteiger partial charge in [0.1, 0.15) is 4.21 Å². The summed E-state index contributed by atoms with van der Waals surface area (Å²) in [5.74, 6) is -0.0550. The van der Waals surface area contributed by atoms with Crippen molar-refractivity contribution >= 4 is 44.6 Å². The van der Waals surface area contributed by atoms with E-state index in [0.29, 0.717) is 18.0 Å². The first-order chi connectivity index (χ1) is 11.0. The maximum absolute atomic E-state index is 12.1. The van der Waals surface area contributed by atoms with Crippen LogP contribution in [0.3, 0.4) is 0 Å². The number of amides is 1. The first-order valence-corrected chi connectivity index (χ1v) is 9.79. The van der Waals surface area contributed by atoms with Crippen LogP contribution in [0.1, 0.15) is 6.42 Å². The average Bonchev–Trinajstić information content (AvgIpc) is 3.16. The molecule has 23 heavy (non-hydrogen) atoms. The molecular formula is C15H15ClN2O3S2. The first-order valence-electron chi connectivity index (χ1n) is 7.05. The summed E-state index contributed by atoms with van der Waals surface area (Å²) in [5, 5.41) is 2.33. The Hall–Kier alpha value is -1.41. The average molecular weight is 371 g/mol. The van der Waals surface area contributed by atoms with Gasteiger partial charge in [0, 0.05) is 30.2 Å². The number of halogens is 1. The van der Waals surface area contributed by atoms with E-state index >= 15 is 0 Å². The quantitative estimate of drug-likeness (QED) is 0.880. The highest BCUT2D eigenvalue weighted by Crippen LogP contribution is 2.26. The SMILES string of the molecule is O=C1CC(CNS(=O)(=O)c2cccs2)CN1c1ccc(Cl)cc1. The number of nitrogens with one attached hydrogen (secondary N) is 1. The lowest BCUT2D eigenvalue weighted by Crippen LogP contribution is -2.31. The molecule has 0 spiro atoms. The third kappa shape index (κ3) is 3.74. The molecule has 1 amide bonds. The Morgan fingerprint density at radius 1 is 1.26 bits per heavy atom. The molecule has 1 unspecified atom stereocenters. The second kappa shape index (κ2) is 6.60. The fourth-order valence-corrected chi connectivity index (χ4v) is 4.78. The van der Waals surface area contributed by atoms with E-state index in [1.54, 1.807) is 46.7 Å². The maximum atomic E-state index is 12.1. The number of sulfonamides is 1. The monoisotopic (exact) mass is 370 g/mol. The van der Waals surface area contributed by atoms with Crippen molar-refractivity contribution in [3.05, 3.63) is 46.8 Å². The van der Waals surface area contributed by atoms with Crippen molar-refractivity contribution in [2.24, 2.45) is 5.92 Å². The van der Waals surface area contributed by atoms with Crippen LogP contribution in [0.25, 0.3) is 0 Å². The zero-order valence-electron chi connectivity index (χ0n) is 12.1. The summed E-state index contributed by atoms with van der Waals surface area (Å²) in [7, 11) is -3.49. The Bertz CT molecular complexity index is 789. The Morgan fingerprint density at radius 3 is 2.65 bits per heavy atom. The van der Waals surface area contributed by atoms with Gasteiger partial charge in [-0.25, -0.2) is 13.1 Å². The molecule has 1 aliphatic heterocycles. The molecule has 1 fully saturated rings. The van der Waals surface area contributed by atoms with E-state index in [2.05, 4.69) is 4.72 Å². The molecule has 8 heteroatoms. The molecule has 1 aromatic heterocycles. The second-order valence-electron chi connectivity index (χ2n) is 5.33. The van der Waals surface area contributed by atoms with Crippen LogP contribution >= 0.6 is 22.9 Å². The molecule has 0 saturated carbocycles. The van der Waals surface area contributed by atoms with Crippen molar-refractivity contribution in [1.82, 2.24) is 4.72 Å². The van der Waals surface area contributed by atoms with E-state index < -0.39 is 10.0 Å². The number of rotatable bonds is 5. The van der Waals surface area contributed by atoms with Crippen LogP contribution in [0.2, 0.25) is 5.02 Å². The summed E-state index contributed by atoms with van der Waals surface area (Å²) in [5.41, 5.74) is 0.781. The van der Waals surface area contributed by atoms with Gasteiger partial charge < -0.3 is 4.90 Å². The summed E-state index contributed by atoms with van der Waals surface area (Å²) < 4.78 is 27.1. The lowest BCUT2D eigenvalue weighted by molar-refractivity contribution is -0.117. The highest BCUT2D eigenvalue weighted by molar-refractivity contribution is 7.91. The topological polar surface area (TPSA) is 66.5 Å². The van der Waals surface area contributed by atoms with Crippen LogP contribution in [0.5, 0.6) is 0 Å². The number of thiophene rings is 1. The zero-order valence-corrected chi connectivity index (χ0v) is 14.5. The van der Waals surface area contributed by atoms with Gasteiger partial charge in [0.25, 0.3) is 0 Å². The minimum absolute atomic E-state index is 0.00681. The molecule has 122 valence electrons. The van der Waals surface area contributed by atoms with Crippen molar-refractivity contribution in [2.45, 2.75) is 10.6 Å². The van der Waals surface area contributed by atoms with Crippen molar-refractivity contribution in [3.63, 3.8) is 0 Å². The van der Waals surface area contributed by atoms with Gasteiger partial charge in [-0.2, -0.15) is 0 Å².